The number of nitrogens with two attached hydrogens (primary N) is 1. The molecule has 1 atom stereocenters. The molecule has 20 heavy (non-hydrogen) atoms. The van der Waals surface area contributed by atoms with Crippen LogP contribution in [-0.4, -0.2) is 31.0 Å². The van der Waals surface area contributed by atoms with Crippen molar-refractivity contribution in [1.29, 1.82) is 0 Å². The Balaban J connectivity index is 1.84. The van der Waals surface area contributed by atoms with Gasteiger partial charge in [0.1, 0.15) is 11.8 Å². The van der Waals surface area contributed by atoms with E-state index in [4.69, 9.17) is 10.5 Å². The number of carbonyl (C=O) groups excluding carboxylic acids is 2. The number of carbonyl (C=O) groups is 2. The van der Waals surface area contributed by atoms with Gasteiger partial charge in [0, 0.05) is 18.7 Å². The molecule has 1 aliphatic heterocycles. The first-order valence-corrected chi connectivity index (χ1v) is 6.68. The third-order valence-corrected chi connectivity index (χ3v) is 3.17. The summed E-state index contributed by atoms with van der Waals surface area (Å²) >= 11 is 0. The highest BCUT2D eigenvalue weighted by Gasteiger charge is 2.23. The van der Waals surface area contributed by atoms with E-state index in [1.165, 1.54) is 0 Å². The first kappa shape index (κ1) is 14.3. The van der Waals surface area contributed by atoms with Crippen molar-refractivity contribution in [3.05, 3.63) is 29.8 Å². The van der Waals surface area contributed by atoms with Gasteiger partial charge in [0.2, 0.25) is 5.91 Å². The van der Waals surface area contributed by atoms with Crippen molar-refractivity contribution in [1.82, 2.24) is 10.6 Å². The maximum absolute atomic E-state index is 11.8. The van der Waals surface area contributed by atoms with Crippen LogP contribution in [0.25, 0.3) is 0 Å². The molecule has 0 radical (unpaired) electrons. The molecular weight excluding hydrogens is 258 g/mol. The van der Waals surface area contributed by atoms with E-state index in [0.717, 1.165) is 12.0 Å². The van der Waals surface area contributed by atoms with Gasteiger partial charge in [0.05, 0.1) is 0 Å². The Hall–Kier alpha value is -2.08. The molecule has 1 fully saturated rings. The number of nitrogens with one attached hydrogen (secondary N) is 2. The number of rotatable bonds is 5. The highest BCUT2D eigenvalue weighted by atomic mass is 16.5. The van der Waals surface area contributed by atoms with Gasteiger partial charge in [-0.2, -0.15) is 0 Å². The Kier molecular flexibility index (Phi) is 4.95. The maximum atomic E-state index is 11.8. The van der Waals surface area contributed by atoms with Gasteiger partial charge in [-0.3, -0.25) is 9.59 Å². The van der Waals surface area contributed by atoms with Gasteiger partial charge in [0.25, 0.3) is 5.91 Å². The summed E-state index contributed by atoms with van der Waals surface area (Å²) in [6.45, 7) is 0.898. The van der Waals surface area contributed by atoms with Crippen LogP contribution in [0.5, 0.6) is 5.75 Å². The summed E-state index contributed by atoms with van der Waals surface area (Å²) in [6.07, 6.45) is 1.53. The Morgan fingerprint density at radius 1 is 1.45 bits per heavy atom. The summed E-state index contributed by atoms with van der Waals surface area (Å²) in [4.78, 5) is 23.3. The number of hydrogen-bond acceptors (Lipinski definition) is 4. The van der Waals surface area contributed by atoms with E-state index in [0.29, 0.717) is 25.3 Å². The molecule has 1 aromatic rings. The van der Waals surface area contributed by atoms with Gasteiger partial charge in [-0.25, -0.2) is 0 Å². The summed E-state index contributed by atoms with van der Waals surface area (Å²) in [5.41, 5.74) is 6.43. The lowest BCUT2D eigenvalue weighted by Crippen LogP contribution is -2.51. The third kappa shape index (κ3) is 3.71. The van der Waals surface area contributed by atoms with E-state index >= 15 is 0 Å². The average Bonchev–Trinajstić information content (AvgIpc) is 2.48. The molecule has 6 heteroatoms. The maximum Gasteiger partial charge on any atom is 0.258 e. The normalized spacial score (nSPS) is 18.2. The van der Waals surface area contributed by atoms with Gasteiger partial charge < -0.3 is 21.1 Å². The fraction of sp³-hybridized carbons (Fsp3) is 0.429. The van der Waals surface area contributed by atoms with E-state index in [9.17, 15) is 9.59 Å². The van der Waals surface area contributed by atoms with Gasteiger partial charge in [-0.05, 0) is 18.9 Å². The molecule has 108 valence electrons. The molecule has 1 unspecified atom stereocenters. The van der Waals surface area contributed by atoms with Crippen molar-refractivity contribution >= 4 is 11.8 Å². The summed E-state index contributed by atoms with van der Waals surface area (Å²) in [6, 6.07) is 6.84. The van der Waals surface area contributed by atoms with Crippen molar-refractivity contribution < 1.29 is 14.3 Å². The number of para-hydroxylation sites is 1. The zero-order chi connectivity index (χ0) is 14.4. The minimum Gasteiger partial charge on any atom is -0.483 e. The highest BCUT2D eigenvalue weighted by Crippen LogP contribution is 2.16. The predicted molar refractivity (Wildman–Crippen MR) is 74.0 cm³/mol. The Morgan fingerprint density at radius 2 is 2.25 bits per heavy atom. The van der Waals surface area contributed by atoms with E-state index < -0.39 is 6.04 Å². The summed E-state index contributed by atoms with van der Waals surface area (Å²) < 4.78 is 5.44. The van der Waals surface area contributed by atoms with Gasteiger partial charge in [0.15, 0.2) is 6.61 Å². The van der Waals surface area contributed by atoms with Crippen molar-refractivity contribution in [2.24, 2.45) is 5.73 Å². The molecule has 1 saturated heterocycles. The lowest BCUT2D eigenvalue weighted by atomic mass is 10.1. The van der Waals surface area contributed by atoms with Crippen LogP contribution in [0.15, 0.2) is 24.3 Å². The van der Waals surface area contributed by atoms with Crippen LogP contribution in [-0.2, 0) is 16.1 Å². The molecule has 0 bridgehead atoms. The standard InChI is InChI=1S/C14H19N3O3/c15-8-10-4-1-2-6-12(10)20-9-13(18)17-11-5-3-7-16-14(11)19/h1-2,4,6,11H,3,5,7-9,15H2,(H,16,19)(H,17,18). The van der Waals surface area contributed by atoms with Gasteiger partial charge in [-0.15, -0.1) is 0 Å². The lowest BCUT2D eigenvalue weighted by molar-refractivity contribution is -0.131. The molecule has 6 nitrogen and oxygen atoms in total. The second-order valence-corrected chi connectivity index (χ2v) is 4.65. The second kappa shape index (κ2) is 6.91. The molecule has 1 heterocycles. The number of ether oxygens (including phenoxy) is 1. The van der Waals surface area contributed by atoms with E-state index in [1.807, 2.05) is 18.2 Å². The van der Waals surface area contributed by atoms with Crippen LogP contribution >= 0.6 is 0 Å². The second-order valence-electron chi connectivity index (χ2n) is 4.65. The van der Waals surface area contributed by atoms with Gasteiger partial charge in [-0.1, -0.05) is 18.2 Å². The first-order valence-electron chi connectivity index (χ1n) is 6.68. The summed E-state index contributed by atoms with van der Waals surface area (Å²) in [7, 11) is 0. The quantitative estimate of drug-likeness (QED) is 0.701. The van der Waals surface area contributed by atoms with Crippen LogP contribution in [0.2, 0.25) is 0 Å². The number of piperidine rings is 1. The fourth-order valence-electron chi connectivity index (χ4n) is 2.10. The molecule has 0 spiro atoms. The van der Waals surface area contributed by atoms with Crippen molar-refractivity contribution in [3.8, 4) is 5.75 Å². The fourth-order valence-corrected chi connectivity index (χ4v) is 2.10. The van der Waals surface area contributed by atoms with E-state index in [-0.39, 0.29) is 18.4 Å². The van der Waals surface area contributed by atoms with Crippen LogP contribution in [0, 0.1) is 0 Å². The molecule has 2 rings (SSSR count). The van der Waals surface area contributed by atoms with Crippen molar-refractivity contribution in [3.63, 3.8) is 0 Å². The zero-order valence-corrected chi connectivity index (χ0v) is 11.2. The number of benzene rings is 1. The molecule has 1 aliphatic rings. The SMILES string of the molecule is NCc1ccccc1OCC(=O)NC1CCCNC1=O. The topological polar surface area (TPSA) is 93.4 Å². The monoisotopic (exact) mass is 277 g/mol. The Morgan fingerprint density at radius 3 is 3.00 bits per heavy atom. The smallest absolute Gasteiger partial charge is 0.258 e. The molecule has 0 aromatic heterocycles. The van der Waals surface area contributed by atoms with E-state index in [2.05, 4.69) is 10.6 Å². The van der Waals surface area contributed by atoms with E-state index in [1.54, 1.807) is 6.07 Å². The number of hydrogen-bond donors (Lipinski definition) is 3. The van der Waals surface area contributed by atoms with Crippen LogP contribution in [0.1, 0.15) is 18.4 Å². The minimum absolute atomic E-state index is 0.124. The Labute approximate surface area is 117 Å². The first-order chi connectivity index (χ1) is 9.70. The molecule has 4 N–H and O–H groups in total. The third-order valence-electron chi connectivity index (χ3n) is 3.17. The van der Waals surface area contributed by atoms with Crippen molar-refractivity contribution in [2.75, 3.05) is 13.2 Å². The largest absolute Gasteiger partial charge is 0.483 e. The van der Waals surface area contributed by atoms with Crippen molar-refractivity contribution in [2.45, 2.75) is 25.4 Å². The molecule has 0 aliphatic carbocycles. The lowest BCUT2D eigenvalue weighted by Gasteiger charge is -2.22. The Bertz CT molecular complexity index is 490. The van der Waals surface area contributed by atoms with Crippen LogP contribution < -0.4 is 21.1 Å². The molecule has 2 amide bonds. The molecule has 0 saturated carbocycles. The van der Waals surface area contributed by atoms with Crippen LogP contribution in [0.3, 0.4) is 0 Å². The molecular formula is C14H19N3O3. The zero-order valence-electron chi connectivity index (χ0n) is 11.2. The van der Waals surface area contributed by atoms with Gasteiger partial charge >= 0.3 is 0 Å². The molecule has 1 aromatic carbocycles. The summed E-state index contributed by atoms with van der Waals surface area (Å²) in [5, 5.41) is 5.39. The predicted octanol–water partition coefficient (Wildman–Crippen LogP) is -0.0811. The summed E-state index contributed by atoms with van der Waals surface area (Å²) in [5.74, 6) is 0.157. The number of amides is 2. The van der Waals surface area contributed by atoms with Crippen LogP contribution in [0.4, 0.5) is 0 Å². The average molecular weight is 277 g/mol. The highest BCUT2D eigenvalue weighted by molar-refractivity contribution is 5.88. The minimum atomic E-state index is -0.454.